The van der Waals surface area contributed by atoms with E-state index in [1.165, 1.54) is 52.1 Å². The number of unbranched alkanes of at least 4 members (excludes halogenated alkanes) is 8. The fraction of sp³-hybridized carbons (Fsp3) is 0.824. The first-order chi connectivity index (χ1) is 9.61. The molecule has 0 aromatic heterocycles. The summed E-state index contributed by atoms with van der Waals surface area (Å²) in [7, 11) is 1.35. The van der Waals surface area contributed by atoms with Crippen molar-refractivity contribution in [1.29, 1.82) is 0 Å². The zero-order valence-electron chi connectivity index (χ0n) is 13.5. The van der Waals surface area contributed by atoms with E-state index in [-0.39, 0.29) is 5.97 Å². The zero-order chi connectivity index (χ0) is 15.2. The van der Waals surface area contributed by atoms with E-state index >= 15 is 0 Å². The number of carbonyl (C=O) groups excluding carboxylic acids is 1. The van der Waals surface area contributed by atoms with Gasteiger partial charge in [0.2, 0.25) is 0 Å². The van der Waals surface area contributed by atoms with Gasteiger partial charge in [0.15, 0.2) is 0 Å². The molecule has 1 atom stereocenters. The molecule has 0 heterocycles. The Kier molecular flexibility index (Phi) is 12.6. The maximum atomic E-state index is 11.2. The van der Waals surface area contributed by atoms with Crippen molar-refractivity contribution in [3.05, 3.63) is 11.6 Å². The second-order valence-electron chi connectivity index (χ2n) is 5.53. The van der Waals surface area contributed by atoms with Gasteiger partial charge in [-0.05, 0) is 19.4 Å². The molecule has 1 N–H and O–H groups in total. The Bertz CT molecular complexity index is 271. The lowest BCUT2D eigenvalue weighted by Gasteiger charge is -2.07. The molecule has 1 unspecified atom stereocenters. The molecule has 0 radical (unpaired) electrons. The van der Waals surface area contributed by atoms with Crippen molar-refractivity contribution in [1.82, 2.24) is 0 Å². The minimum absolute atomic E-state index is 0.365. The van der Waals surface area contributed by atoms with Crippen LogP contribution in [0.15, 0.2) is 11.6 Å². The fourth-order valence-corrected chi connectivity index (χ4v) is 2.27. The predicted molar refractivity (Wildman–Crippen MR) is 83.6 cm³/mol. The summed E-state index contributed by atoms with van der Waals surface area (Å²) in [5.74, 6) is -0.365. The third-order valence-corrected chi connectivity index (χ3v) is 3.55. The van der Waals surface area contributed by atoms with Crippen LogP contribution in [0.5, 0.6) is 0 Å². The van der Waals surface area contributed by atoms with Gasteiger partial charge in [0, 0.05) is 5.57 Å². The van der Waals surface area contributed by atoms with Crippen LogP contribution in [-0.2, 0) is 9.53 Å². The molecule has 0 saturated heterocycles. The van der Waals surface area contributed by atoms with E-state index in [2.05, 4.69) is 11.7 Å². The van der Waals surface area contributed by atoms with Crippen molar-refractivity contribution < 1.29 is 14.6 Å². The number of methoxy groups -OCH3 is 1. The van der Waals surface area contributed by atoms with Gasteiger partial charge in [-0.15, -0.1) is 0 Å². The van der Waals surface area contributed by atoms with Gasteiger partial charge in [0.1, 0.15) is 0 Å². The van der Waals surface area contributed by atoms with Crippen LogP contribution in [-0.4, -0.2) is 24.3 Å². The molecule has 3 heteroatoms. The quantitative estimate of drug-likeness (QED) is 0.328. The Labute approximate surface area is 124 Å². The van der Waals surface area contributed by atoms with Crippen LogP contribution in [0.25, 0.3) is 0 Å². The Balaban J connectivity index is 3.48. The first-order valence-electron chi connectivity index (χ1n) is 8.06. The molecule has 0 aliphatic heterocycles. The Hall–Kier alpha value is -0.830. The topological polar surface area (TPSA) is 46.5 Å². The molecule has 3 nitrogen and oxygen atoms in total. The van der Waals surface area contributed by atoms with Crippen LogP contribution in [0, 0.1) is 0 Å². The first kappa shape index (κ1) is 19.2. The summed E-state index contributed by atoms with van der Waals surface area (Å²) in [6.07, 6.45) is 13.2. The van der Waals surface area contributed by atoms with Crippen molar-refractivity contribution in [2.45, 2.75) is 84.2 Å². The van der Waals surface area contributed by atoms with Gasteiger partial charge in [0.05, 0.1) is 13.2 Å². The van der Waals surface area contributed by atoms with E-state index in [9.17, 15) is 9.90 Å². The van der Waals surface area contributed by atoms with Gasteiger partial charge in [-0.25, -0.2) is 4.79 Å². The van der Waals surface area contributed by atoms with Crippen molar-refractivity contribution in [3.63, 3.8) is 0 Å². The minimum Gasteiger partial charge on any atom is -0.466 e. The van der Waals surface area contributed by atoms with Crippen LogP contribution >= 0.6 is 0 Å². The molecular formula is C17H32O3. The summed E-state index contributed by atoms with van der Waals surface area (Å²) in [5.41, 5.74) is 0.482. The number of hydrogen-bond acceptors (Lipinski definition) is 3. The van der Waals surface area contributed by atoms with Gasteiger partial charge >= 0.3 is 5.97 Å². The number of ether oxygens (including phenoxy) is 1. The highest BCUT2D eigenvalue weighted by Crippen LogP contribution is 2.12. The van der Waals surface area contributed by atoms with E-state index in [0.717, 1.165) is 19.3 Å². The van der Waals surface area contributed by atoms with Crippen molar-refractivity contribution in [3.8, 4) is 0 Å². The normalized spacial score (nSPS) is 13.3. The van der Waals surface area contributed by atoms with Gasteiger partial charge in [-0.2, -0.15) is 0 Å². The SMILES string of the molecule is CCCCCCCCCCCC(O)C=C(C)C(=O)OC. The molecule has 20 heavy (non-hydrogen) atoms. The highest BCUT2D eigenvalue weighted by atomic mass is 16.5. The molecule has 0 aromatic carbocycles. The van der Waals surface area contributed by atoms with Gasteiger partial charge in [-0.1, -0.05) is 64.7 Å². The summed E-state index contributed by atoms with van der Waals surface area (Å²) in [5, 5.41) is 9.78. The lowest BCUT2D eigenvalue weighted by Crippen LogP contribution is -2.08. The number of esters is 1. The molecule has 0 bridgehead atoms. The lowest BCUT2D eigenvalue weighted by atomic mass is 10.0. The van der Waals surface area contributed by atoms with Gasteiger partial charge in [-0.3, -0.25) is 0 Å². The Morgan fingerprint density at radius 3 is 2.05 bits per heavy atom. The standard InChI is InChI=1S/C17H32O3/c1-4-5-6-7-8-9-10-11-12-13-16(18)14-15(2)17(19)20-3/h14,16,18H,4-13H2,1-3H3. The molecule has 0 amide bonds. The smallest absolute Gasteiger partial charge is 0.333 e. The second-order valence-corrected chi connectivity index (χ2v) is 5.53. The Morgan fingerprint density at radius 2 is 1.55 bits per heavy atom. The second kappa shape index (κ2) is 13.2. The molecule has 0 aliphatic rings. The van der Waals surface area contributed by atoms with Crippen molar-refractivity contribution >= 4 is 5.97 Å². The van der Waals surface area contributed by atoms with E-state index < -0.39 is 6.10 Å². The molecule has 0 aliphatic carbocycles. The first-order valence-corrected chi connectivity index (χ1v) is 8.06. The molecule has 0 saturated carbocycles. The van der Waals surface area contributed by atoms with Crippen LogP contribution < -0.4 is 0 Å². The molecule has 0 aromatic rings. The van der Waals surface area contributed by atoms with Crippen LogP contribution in [0.4, 0.5) is 0 Å². The average molecular weight is 284 g/mol. The van der Waals surface area contributed by atoms with Crippen LogP contribution in [0.3, 0.4) is 0 Å². The molecular weight excluding hydrogens is 252 g/mol. The van der Waals surface area contributed by atoms with E-state index in [1.54, 1.807) is 13.0 Å². The maximum absolute atomic E-state index is 11.2. The third-order valence-electron chi connectivity index (χ3n) is 3.55. The number of aliphatic hydroxyl groups is 1. The number of aliphatic hydroxyl groups excluding tert-OH is 1. The molecule has 0 spiro atoms. The lowest BCUT2D eigenvalue weighted by molar-refractivity contribution is -0.136. The average Bonchev–Trinajstić information content (AvgIpc) is 2.44. The summed E-state index contributed by atoms with van der Waals surface area (Å²) < 4.78 is 4.59. The monoisotopic (exact) mass is 284 g/mol. The summed E-state index contributed by atoms with van der Waals surface area (Å²) >= 11 is 0. The van der Waals surface area contributed by atoms with Crippen molar-refractivity contribution in [2.24, 2.45) is 0 Å². The summed E-state index contributed by atoms with van der Waals surface area (Å²) in [6.45, 7) is 3.91. The van der Waals surface area contributed by atoms with E-state index in [1.807, 2.05) is 0 Å². The summed E-state index contributed by atoms with van der Waals surface area (Å²) in [6, 6.07) is 0. The van der Waals surface area contributed by atoms with Gasteiger partial charge in [0.25, 0.3) is 0 Å². The predicted octanol–water partition coefficient (Wildman–Crippen LogP) is 4.39. The highest BCUT2D eigenvalue weighted by molar-refractivity contribution is 5.87. The number of rotatable bonds is 12. The third kappa shape index (κ3) is 11.0. The van der Waals surface area contributed by atoms with Crippen LogP contribution in [0.1, 0.15) is 78.1 Å². The van der Waals surface area contributed by atoms with E-state index in [0.29, 0.717) is 5.57 Å². The van der Waals surface area contributed by atoms with E-state index in [4.69, 9.17) is 0 Å². The highest BCUT2D eigenvalue weighted by Gasteiger charge is 2.06. The van der Waals surface area contributed by atoms with Crippen molar-refractivity contribution in [2.75, 3.05) is 7.11 Å². The summed E-state index contributed by atoms with van der Waals surface area (Å²) in [4.78, 5) is 11.2. The minimum atomic E-state index is -0.529. The molecule has 0 rings (SSSR count). The largest absolute Gasteiger partial charge is 0.466 e. The molecule has 0 fully saturated rings. The van der Waals surface area contributed by atoms with Gasteiger partial charge < -0.3 is 9.84 Å². The zero-order valence-corrected chi connectivity index (χ0v) is 13.5. The molecule has 118 valence electrons. The maximum Gasteiger partial charge on any atom is 0.333 e. The number of hydrogen-bond donors (Lipinski definition) is 1. The number of carbonyl (C=O) groups is 1. The van der Waals surface area contributed by atoms with Crippen LogP contribution in [0.2, 0.25) is 0 Å². The fourth-order valence-electron chi connectivity index (χ4n) is 2.27. The Morgan fingerprint density at radius 1 is 1.05 bits per heavy atom.